The Labute approximate surface area is 152 Å². The highest BCUT2D eigenvalue weighted by Crippen LogP contribution is 2.22. The number of nitrogens with one attached hydrogen (secondary N) is 2. The Morgan fingerprint density at radius 1 is 1.19 bits per heavy atom. The lowest BCUT2D eigenvalue weighted by Crippen LogP contribution is -2.53. The summed E-state index contributed by atoms with van der Waals surface area (Å²) in [6.45, 7) is 2.49. The molecule has 1 aliphatic carbocycles. The maximum atomic E-state index is 12.9. The number of sulfonamides is 1. The minimum Gasteiger partial charge on any atom is -0.360 e. The number of amides is 2. The van der Waals surface area contributed by atoms with Gasteiger partial charge >= 0.3 is 11.8 Å². The molecular weight excluding hydrogens is 358 g/mol. The molecule has 26 heavy (non-hydrogen) atoms. The molecule has 1 saturated heterocycles. The van der Waals surface area contributed by atoms with Crippen molar-refractivity contribution in [3.63, 3.8) is 0 Å². The van der Waals surface area contributed by atoms with Crippen molar-refractivity contribution in [3.05, 3.63) is 29.8 Å². The zero-order valence-corrected chi connectivity index (χ0v) is 15.4. The summed E-state index contributed by atoms with van der Waals surface area (Å²) in [6.07, 6.45) is 1.49. The quantitative estimate of drug-likeness (QED) is 0.706. The third-order valence-electron chi connectivity index (χ3n) is 4.34. The van der Waals surface area contributed by atoms with Crippen molar-refractivity contribution in [2.24, 2.45) is 0 Å². The number of carbonyl (C=O) groups excluding carboxylic acids is 2. The third-order valence-corrected chi connectivity index (χ3v) is 6.24. The number of ether oxygens (including phenoxy) is 1. The topological polar surface area (TPSA) is 105 Å². The van der Waals surface area contributed by atoms with Gasteiger partial charge in [0.2, 0.25) is 10.0 Å². The van der Waals surface area contributed by atoms with E-state index in [-0.39, 0.29) is 17.5 Å². The molecule has 3 rings (SSSR count). The van der Waals surface area contributed by atoms with Crippen LogP contribution in [0, 0.1) is 6.92 Å². The minimum atomic E-state index is -3.75. The second kappa shape index (κ2) is 7.73. The first kappa shape index (κ1) is 18.8. The lowest BCUT2D eigenvalue weighted by Gasteiger charge is -2.34. The molecule has 1 aromatic carbocycles. The van der Waals surface area contributed by atoms with Gasteiger partial charge in [0.1, 0.15) is 6.23 Å². The molecule has 0 spiro atoms. The van der Waals surface area contributed by atoms with Crippen LogP contribution in [0.2, 0.25) is 0 Å². The van der Waals surface area contributed by atoms with E-state index >= 15 is 0 Å². The van der Waals surface area contributed by atoms with Crippen LogP contribution in [0.3, 0.4) is 0 Å². The van der Waals surface area contributed by atoms with Crippen molar-refractivity contribution in [3.8, 4) is 0 Å². The summed E-state index contributed by atoms with van der Waals surface area (Å²) < 4.78 is 32.6. The van der Waals surface area contributed by atoms with E-state index in [1.807, 2.05) is 6.92 Å². The number of aryl methyl sites for hydroxylation is 1. The van der Waals surface area contributed by atoms with Crippen LogP contribution < -0.4 is 10.6 Å². The molecule has 9 heteroatoms. The van der Waals surface area contributed by atoms with Gasteiger partial charge in [-0.3, -0.25) is 9.59 Å². The molecule has 1 unspecified atom stereocenters. The summed E-state index contributed by atoms with van der Waals surface area (Å²) in [5.41, 5.74) is 0.962. The fourth-order valence-electron chi connectivity index (χ4n) is 2.69. The number of rotatable bonds is 5. The van der Waals surface area contributed by atoms with Gasteiger partial charge < -0.3 is 15.4 Å². The fraction of sp³-hybridized carbons (Fsp3) is 0.529. The van der Waals surface area contributed by atoms with Crippen LogP contribution in [0.4, 0.5) is 0 Å². The normalized spacial score (nSPS) is 21.2. The van der Waals surface area contributed by atoms with Gasteiger partial charge in [-0.1, -0.05) is 17.7 Å². The van der Waals surface area contributed by atoms with E-state index in [1.54, 1.807) is 24.3 Å². The smallest absolute Gasteiger partial charge is 0.309 e. The summed E-state index contributed by atoms with van der Waals surface area (Å²) in [4.78, 5) is 23.7. The first-order chi connectivity index (χ1) is 12.4. The molecule has 8 nitrogen and oxygen atoms in total. The van der Waals surface area contributed by atoms with Gasteiger partial charge in [-0.15, -0.1) is 0 Å². The standard InChI is InChI=1S/C17H23N3O5S/c1-12-3-7-14(8-4-12)26(23,24)20-9-2-10-25-15(20)11-18-16(21)17(22)19-13-5-6-13/h3-4,7-8,13,15H,2,5-6,9-11H2,1H3,(H,18,21)(H,19,22). The molecule has 1 atom stereocenters. The van der Waals surface area contributed by atoms with Crippen LogP contribution in [0.1, 0.15) is 24.8 Å². The van der Waals surface area contributed by atoms with Gasteiger partial charge in [-0.2, -0.15) is 4.31 Å². The largest absolute Gasteiger partial charge is 0.360 e. The molecule has 0 aromatic heterocycles. The Hall–Kier alpha value is -1.97. The number of hydrogen-bond acceptors (Lipinski definition) is 5. The maximum Gasteiger partial charge on any atom is 0.309 e. The molecule has 0 bridgehead atoms. The second-order valence-corrected chi connectivity index (χ2v) is 8.46. The molecule has 1 aromatic rings. The summed E-state index contributed by atoms with van der Waals surface area (Å²) in [5, 5.41) is 5.06. The van der Waals surface area contributed by atoms with Crippen molar-refractivity contribution in [1.82, 2.24) is 14.9 Å². The van der Waals surface area contributed by atoms with Crippen molar-refractivity contribution in [1.29, 1.82) is 0 Å². The van der Waals surface area contributed by atoms with E-state index in [0.29, 0.717) is 19.6 Å². The van der Waals surface area contributed by atoms with E-state index in [2.05, 4.69) is 10.6 Å². The third kappa shape index (κ3) is 4.40. The van der Waals surface area contributed by atoms with Crippen LogP contribution in [0.5, 0.6) is 0 Å². The Bertz CT molecular complexity index is 774. The zero-order chi connectivity index (χ0) is 18.7. The Morgan fingerprint density at radius 2 is 1.88 bits per heavy atom. The predicted molar refractivity (Wildman–Crippen MR) is 93.6 cm³/mol. The fourth-order valence-corrected chi connectivity index (χ4v) is 4.25. The Balaban J connectivity index is 1.66. The Kier molecular flexibility index (Phi) is 5.59. The van der Waals surface area contributed by atoms with E-state index < -0.39 is 28.1 Å². The van der Waals surface area contributed by atoms with Crippen LogP contribution in [0.15, 0.2) is 29.2 Å². The van der Waals surface area contributed by atoms with Gasteiger partial charge in [-0.25, -0.2) is 8.42 Å². The van der Waals surface area contributed by atoms with E-state index in [9.17, 15) is 18.0 Å². The molecule has 142 valence electrons. The van der Waals surface area contributed by atoms with Gasteiger partial charge in [0.05, 0.1) is 18.0 Å². The monoisotopic (exact) mass is 381 g/mol. The SMILES string of the molecule is Cc1ccc(S(=O)(=O)N2CCCOC2CNC(=O)C(=O)NC2CC2)cc1. The summed E-state index contributed by atoms with van der Waals surface area (Å²) in [7, 11) is -3.75. The number of carbonyl (C=O) groups is 2. The molecular formula is C17H23N3O5S. The van der Waals surface area contributed by atoms with Gasteiger partial charge in [0.15, 0.2) is 0 Å². The highest BCUT2D eigenvalue weighted by atomic mass is 32.2. The Morgan fingerprint density at radius 3 is 2.54 bits per heavy atom. The lowest BCUT2D eigenvalue weighted by atomic mass is 10.2. The molecule has 2 fully saturated rings. The molecule has 1 heterocycles. The van der Waals surface area contributed by atoms with E-state index in [1.165, 1.54) is 4.31 Å². The van der Waals surface area contributed by atoms with E-state index in [4.69, 9.17) is 4.74 Å². The highest BCUT2D eigenvalue weighted by Gasteiger charge is 2.35. The number of nitrogens with zero attached hydrogens (tertiary/aromatic N) is 1. The van der Waals surface area contributed by atoms with Crippen LogP contribution in [-0.4, -0.2) is 56.5 Å². The van der Waals surface area contributed by atoms with E-state index in [0.717, 1.165) is 18.4 Å². The molecule has 1 saturated carbocycles. The summed E-state index contributed by atoms with van der Waals surface area (Å²) in [6, 6.07) is 6.65. The first-order valence-corrected chi connectivity index (χ1v) is 10.1. The molecule has 1 aliphatic heterocycles. The highest BCUT2D eigenvalue weighted by molar-refractivity contribution is 7.89. The average molecular weight is 381 g/mol. The lowest BCUT2D eigenvalue weighted by molar-refractivity contribution is -0.140. The van der Waals surface area contributed by atoms with Crippen LogP contribution in [-0.2, 0) is 24.3 Å². The van der Waals surface area contributed by atoms with Crippen molar-refractivity contribution < 1.29 is 22.7 Å². The second-order valence-electron chi connectivity index (χ2n) is 6.57. The van der Waals surface area contributed by atoms with Gasteiger partial charge in [0.25, 0.3) is 0 Å². The van der Waals surface area contributed by atoms with Crippen LogP contribution in [0.25, 0.3) is 0 Å². The van der Waals surface area contributed by atoms with Gasteiger partial charge in [0, 0.05) is 12.6 Å². The molecule has 2 N–H and O–H groups in total. The maximum absolute atomic E-state index is 12.9. The van der Waals surface area contributed by atoms with Crippen LogP contribution >= 0.6 is 0 Å². The molecule has 0 radical (unpaired) electrons. The molecule has 2 aliphatic rings. The van der Waals surface area contributed by atoms with Gasteiger partial charge in [-0.05, 0) is 38.3 Å². The summed E-state index contributed by atoms with van der Waals surface area (Å²) >= 11 is 0. The minimum absolute atomic E-state index is 0.0811. The van der Waals surface area contributed by atoms with Crippen molar-refractivity contribution >= 4 is 21.8 Å². The van der Waals surface area contributed by atoms with Crippen molar-refractivity contribution in [2.45, 2.75) is 43.4 Å². The molecule has 2 amide bonds. The summed E-state index contributed by atoms with van der Waals surface area (Å²) in [5.74, 6) is -1.48. The number of benzene rings is 1. The predicted octanol–water partition coefficient (Wildman–Crippen LogP) is 0.127. The average Bonchev–Trinajstić information content (AvgIpc) is 3.44. The number of hydrogen-bond donors (Lipinski definition) is 2. The first-order valence-electron chi connectivity index (χ1n) is 8.67. The van der Waals surface area contributed by atoms with Crippen molar-refractivity contribution in [2.75, 3.05) is 19.7 Å². The zero-order valence-electron chi connectivity index (χ0n) is 14.6.